The maximum Gasteiger partial charge on any atom is 0.341 e. The molecule has 168 valence electrons. The van der Waals surface area contributed by atoms with Crippen molar-refractivity contribution in [1.29, 1.82) is 0 Å². The topological polar surface area (TPSA) is 119 Å². The summed E-state index contributed by atoms with van der Waals surface area (Å²) in [6.45, 7) is 9.93. The van der Waals surface area contributed by atoms with Crippen LogP contribution in [0.5, 0.6) is 0 Å². The van der Waals surface area contributed by atoms with Crippen molar-refractivity contribution in [3.05, 3.63) is 11.1 Å². The molecule has 2 fully saturated rings. The van der Waals surface area contributed by atoms with Crippen LogP contribution in [0.15, 0.2) is 11.1 Å². The van der Waals surface area contributed by atoms with E-state index in [1.54, 1.807) is 6.92 Å². The van der Waals surface area contributed by atoms with Crippen LogP contribution in [-0.4, -0.2) is 57.1 Å². The van der Waals surface area contributed by atoms with E-state index in [1.807, 2.05) is 20.8 Å². The van der Waals surface area contributed by atoms with Gasteiger partial charge in [0, 0.05) is 25.7 Å². The van der Waals surface area contributed by atoms with E-state index in [1.165, 1.54) is 13.8 Å². The van der Waals surface area contributed by atoms with E-state index in [4.69, 9.17) is 14.2 Å². The number of hydrogen-bond donors (Lipinski definition) is 2. The Morgan fingerprint density at radius 2 is 1.90 bits per heavy atom. The quantitative estimate of drug-likeness (QED) is 0.398. The average molecular weight is 424 g/mol. The van der Waals surface area contributed by atoms with Gasteiger partial charge in [-0.2, -0.15) is 0 Å². The molecule has 2 unspecified atom stereocenters. The number of fused-ring (bicyclic) bond motifs is 3. The van der Waals surface area contributed by atoms with Crippen molar-refractivity contribution in [2.75, 3.05) is 0 Å². The summed E-state index contributed by atoms with van der Waals surface area (Å²) in [5.74, 6) is -2.30. The van der Waals surface area contributed by atoms with Crippen LogP contribution in [0.4, 0.5) is 0 Å². The zero-order chi connectivity index (χ0) is 22.6. The Kier molecular flexibility index (Phi) is 5.56. The number of aliphatic hydroxyl groups is 2. The minimum absolute atomic E-state index is 0.0734. The Labute approximate surface area is 176 Å². The van der Waals surface area contributed by atoms with Gasteiger partial charge in [0.25, 0.3) is 0 Å². The maximum atomic E-state index is 12.6. The first-order chi connectivity index (χ1) is 13.8. The number of carbonyl (C=O) groups is 3. The fourth-order valence-corrected chi connectivity index (χ4v) is 5.36. The maximum absolute atomic E-state index is 12.6. The molecule has 0 aromatic rings. The van der Waals surface area contributed by atoms with Crippen LogP contribution in [0.1, 0.15) is 67.2 Å². The highest BCUT2D eigenvalue weighted by Crippen LogP contribution is 2.57. The molecule has 1 aliphatic heterocycles. The van der Waals surface area contributed by atoms with Crippen molar-refractivity contribution >= 4 is 17.9 Å². The summed E-state index contributed by atoms with van der Waals surface area (Å²) in [4.78, 5) is 36.9. The number of esters is 3. The second-order valence-electron chi connectivity index (χ2n) is 9.35. The highest BCUT2D eigenvalue weighted by Gasteiger charge is 2.74. The number of ether oxygens (including phenoxy) is 3. The van der Waals surface area contributed by atoms with E-state index < -0.39 is 46.9 Å². The molecule has 0 aromatic carbocycles. The number of allylic oxidation sites excluding steroid dienone is 1. The molecular weight excluding hydrogens is 392 g/mol. The van der Waals surface area contributed by atoms with Crippen molar-refractivity contribution in [3.8, 4) is 0 Å². The third-order valence-electron chi connectivity index (χ3n) is 7.17. The van der Waals surface area contributed by atoms with Crippen molar-refractivity contribution in [2.24, 2.45) is 11.8 Å². The van der Waals surface area contributed by atoms with Crippen LogP contribution in [0.25, 0.3) is 0 Å². The summed E-state index contributed by atoms with van der Waals surface area (Å²) >= 11 is 0. The monoisotopic (exact) mass is 424 g/mol. The Balaban J connectivity index is 2.21. The van der Waals surface area contributed by atoms with Crippen molar-refractivity contribution in [2.45, 2.75) is 96.2 Å². The Morgan fingerprint density at radius 1 is 1.27 bits per heavy atom. The van der Waals surface area contributed by atoms with Crippen molar-refractivity contribution in [1.82, 2.24) is 0 Å². The summed E-state index contributed by atoms with van der Waals surface area (Å²) in [5.41, 5.74) is -4.10. The standard InChI is InChI=1S/C22H32O8/c1-7-8-16(24)28-15-10-20(5,30-13(4)23)14-9-11(2)12(3)17(14)18-22(15,27)21(6,26)19(25)29-18/h11,14-15,18,26-27H,7-10H2,1-6H3/t11?,14?,15-,18-,20-,21+,22+/m0/s1. The molecule has 0 aromatic heterocycles. The van der Waals surface area contributed by atoms with Gasteiger partial charge < -0.3 is 24.4 Å². The molecule has 3 aliphatic rings. The van der Waals surface area contributed by atoms with Crippen LogP contribution < -0.4 is 0 Å². The van der Waals surface area contributed by atoms with Gasteiger partial charge in [-0.25, -0.2) is 4.79 Å². The molecule has 8 nitrogen and oxygen atoms in total. The third kappa shape index (κ3) is 3.15. The van der Waals surface area contributed by atoms with Crippen LogP contribution >= 0.6 is 0 Å². The molecular formula is C22H32O8. The summed E-state index contributed by atoms with van der Waals surface area (Å²) < 4.78 is 16.9. The van der Waals surface area contributed by atoms with Crippen LogP contribution in [0.3, 0.4) is 0 Å². The Morgan fingerprint density at radius 3 is 2.47 bits per heavy atom. The van der Waals surface area contributed by atoms with E-state index in [0.717, 1.165) is 5.57 Å². The third-order valence-corrected chi connectivity index (χ3v) is 7.17. The van der Waals surface area contributed by atoms with Gasteiger partial charge in [-0.15, -0.1) is 0 Å². The molecule has 0 amide bonds. The van der Waals surface area contributed by atoms with Crippen LogP contribution in [0, 0.1) is 11.8 Å². The number of rotatable bonds is 4. The second kappa shape index (κ2) is 7.34. The van der Waals surface area contributed by atoms with Gasteiger partial charge in [0.15, 0.2) is 17.3 Å². The lowest BCUT2D eigenvalue weighted by Gasteiger charge is -2.41. The minimum Gasteiger partial charge on any atom is -0.459 e. The largest absolute Gasteiger partial charge is 0.459 e. The lowest BCUT2D eigenvalue weighted by atomic mass is 9.75. The number of carbonyl (C=O) groups excluding carboxylic acids is 3. The molecule has 0 spiro atoms. The van der Waals surface area contributed by atoms with Gasteiger partial charge in [-0.3, -0.25) is 9.59 Å². The van der Waals surface area contributed by atoms with Gasteiger partial charge in [0.1, 0.15) is 11.7 Å². The Bertz CT molecular complexity index is 799. The van der Waals surface area contributed by atoms with E-state index in [2.05, 4.69) is 0 Å². The first kappa shape index (κ1) is 22.7. The van der Waals surface area contributed by atoms with Gasteiger partial charge >= 0.3 is 17.9 Å². The SMILES string of the molecule is CCCC(=O)O[C@H]1C[C@](C)(OC(C)=O)C2CC(C)C(C)=C2[C@@H]2OC(=O)[C@@](C)(O)[C@@]12O. The highest BCUT2D eigenvalue weighted by molar-refractivity contribution is 5.85. The van der Waals surface area contributed by atoms with E-state index in [-0.39, 0.29) is 24.7 Å². The van der Waals surface area contributed by atoms with Gasteiger partial charge in [0.05, 0.1) is 0 Å². The van der Waals surface area contributed by atoms with Crippen LogP contribution in [0.2, 0.25) is 0 Å². The van der Waals surface area contributed by atoms with Gasteiger partial charge in [-0.05, 0) is 45.1 Å². The lowest BCUT2D eigenvalue weighted by Crippen LogP contribution is -2.64. The summed E-state index contributed by atoms with van der Waals surface area (Å²) in [6, 6.07) is 0. The lowest BCUT2D eigenvalue weighted by molar-refractivity contribution is -0.210. The zero-order valence-corrected chi connectivity index (χ0v) is 18.5. The molecule has 1 saturated heterocycles. The molecule has 3 rings (SSSR count). The van der Waals surface area contributed by atoms with Gasteiger partial charge in [-0.1, -0.05) is 19.4 Å². The summed E-state index contributed by atoms with van der Waals surface area (Å²) in [6.07, 6.45) is -1.32. The average Bonchev–Trinajstić information content (AvgIpc) is 2.98. The summed E-state index contributed by atoms with van der Waals surface area (Å²) in [5, 5.41) is 22.9. The minimum atomic E-state index is -2.31. The molecule has 0 radical (unpaired) electrons. The zero-order valence-electron chi connectivity index (χ0n) is 18.5. The van der Waals surface area contributed by atoms with Crippen molar-refractivity contribution < 1.29 is 38.8 Å². The molecule has 7 atom stereocenters. The predicted molar refractivity (Wildman–Crippen MR) is 105 cm³/mol. The molecule has 1 heterocycles. The summed E-state index contributed by atoms with van der Waals surface area (Å²) in [7, 11) is 0. The highest BCUT2D eigenvalue weighted by atomic mass is 16.6. The molecule has 2 N–H and O–H groups in total. The normalized spacial score (nSPS) is 42.9. The fourth-order valence-electron chi connectivity index (χ4n) is 5.36. The van der Waals surface area contributed by atoms with Crippen LogP contribution in [-0.2, 0) is 28.6 Å². The molecule has 1 saturated carbocycles. The van der Waals surface area contributed by atoms with E-state index >= 15 is 0 Å². The van der Waals surface area contributed by atoms with Gasteiger partial charge in [0.2, 0.25) is 0 Å². The van der Waals surface area contributed by atoms with E-state index in [9.17, 15) is 24.6 Å². The molecule has 2 aliphatic carbocycles. The van der Waals surface area contributed by atoms with Crippen molar-refractivity contribution in [3.63, 3.8) is 0 Å². The predicted octanol–water partition coefficient (Wildman–Crippen LogP) is 1.80. The first-order valence-corrected chi connectivity index (χ1v) is 10.5. The fraction of sp³-hybridized carbons (Fsp3) is 0.773. The number of hydrogen-bond acceptors (Lipinski definition) is 8. The molecule has 8 heteroatoms. The first-order valence-electron chi connectivity index (χ1n) is 10.5. The Hall–Kier alpha value is -1.93. The molecule has 0 bridgehead atoms. The second-order valence-corrected chi connectivity index (χ2v) is 9.35. The van der Waals surface area contributed by atoms with E-state index in [0.29, 0.717) is 18.4 Å². The molecule has 30 heavy (non-hydrogen) atoms. The smallest absolute Gasteiger partial charge is 0.341 e.